The summed E-state index contributed by atoms with van der Waals surface area (Å²) in [4.78, 5) is 14.6. The summed E-state index contributed by atoms with van der Waals surface area (Å²) in [5.74, 6) is 0.936. The fraction of sp³-hybridized carbons (Fsp3) is 0.444. The molecule has 0 saturated carbocycles. The molecule has 126 valence electrons. The number of hydrogen-bond acceptors (Lipinski definition) is 3. The van der Waals surface area contributed by atoms with Gasteiger partial charge in [-0.15, -0.1) is 0 Å². The second kappa shape index (κ2) is 6.55. The lowest BCUT2D eigenvalue weighted by atomic mass is 9.98. The summed E-state index contributed by atoms with van der Waals surface area (Å²) >= 11 is 0. The minimum atomic E-state index is -0.0135. The van der Waals surface area contributed by atoms with Gasteiger partial charge in [-0.3, -0.25) is 5.10 Å². The monoisotopic (exact) mass is 326 g/mol. The van der Waals surface area contributed by atoms with E-state index in [4.69, 9.17) is 4.74 Å². The molecule has 2 amide bonds. The average Bonchev–Trinajstić information content (AvgIpc) is 3.28. The first kappa shape index (κ1) is 15.1. The van der Waals surface area contributed by atoms with Crippen LogP contribution < -0.4 is 10.1 Å². The summed E-state index contributed by atoms with van der Waals surface area (Å²) in [5, 5.41) is 9.92. The molecule has 0 bridgehead atoms. The number of H-pyrrole nitrogens is 1. The first-order valence-corrected chi connectivity index (χ1v) is 8.59. The third kappa shape index (κ3) is 2.96. The van der Waals surface area contributed by atoms with Gasteiger partial charge >= 0.3 is 6.03 Å². The van der Waals surface area contributed by atoms with Crippen molar-refractivity contribution in [3.8, 4) is 5.75 Å². The Labute approximate surface area is 141 Å². The molecule has 4 rings (SSSR count). The zero-order chi connectivity index (χ0) is 16.4. The van der Waals surface area contributed by atoms with E-state index in [2.05, 4.69) is 21.6 Å². The largest absolute Gasteiger partial charge is 0.488 e. The number of ether oxygens (including phenoxy) is 1. The number of nitrogens with zero attached hydrogens (tertiary/aromatic N) is 2. The van der Waals surface area contributed by atoms with Crippen LogP contribution in [0.25, 0.3) is 0 Å². The predicted molar refractivity (Wildman–Crippen MR) is 89.8 cm³/mol. The number of rotatable bonds is 3. The van der Waals surface area contributed by atoms with Gasteiger partial charge in [-0.2, -0.15) is 5.10 Å². The van der Waals surface area contributed by atoms with Crippen LogP contribution in [0.2, 0.25) is 0 Å². The van der Waals surface area contributed by atoms with Crippen molar-refractivity contribution >= 4 is 6.03 Å². The van der Waals surface area contributed by atoms with Gasteiger partial charge in [-0.25, -0.2) is 4.79 Å². The van der Waals surface area contributed by atoms with E-state index in [1.807, 2.05) is 35.5 Å². The zero-order valence-corrected chi connectivity index (χ0v) is 13.6. The molecule has 0 radical (unpaired) electrons. The maximum atomic E-state index is 12.7. The van der Waals surface area contributed by atoms with Crippen molar-refractivity contribution in [2.75, 3.05) is 13.1 Å². The summed E-state index contributed by atoms with van der Waals surface area (Å²) in [6.45, 7) is 1.32. The first-order valence-electron chi connectivity index (χ1n) is 8.59. The van der Waals surface area contributed by atoms with Crippen LogP contribution in [0.3, 0.4) is 0 Å². The lowest BCUT2D eigenvalue weighted by Gasteiger charge is -2.35. The van der Waals surface area contributed by atoms with Crippen LogP contribution >= 0.6 is 0 Å². The lowest BCUT2D eigenvalue weighted by Crippen LogP contribution is -2.47. The van der Waals surface area contributed by atoms with Crippen molar-refractivity contribution in [3.05, 3.63) is 47.8 Å². The molecular formula is C18H22N4O2. The molecule has 0 unspecified atom stereocenters. The van der Waals surface area contributed by atoms with Gasteiger partial charge in [0.1, 0.15) is 11.9 Å². The Morgan fingerprint density at radius 3 is 3.12 bits per heavy atom. The van der Waals surface area contributed by atoms with Crippen LogP contribution in [0.4, 0.5) is 4.79 Å². The van der Waals surface area contributed by atoms with Crippen LogP contribution in [0.15, 0.2) is 36.7 Å². The van der Waals surface area contributed by atoms with Crippen molar-refractivity contribution in [2.45, 2.75) is 37.8 Å². The van der Waals surface area contributed by atoms with E-state index in [9.17, 15) is 4.79 Å². The molecule has 6 heteroatoms. The number of nitrogens with one attached hydrogen (secondary N) is 2. The number of likely N-dealkylation sites (tertiary alicyclic amines) is 1. The van der Waals surface area contributed by atoms with Gasteiger partial charge in [0.25, 0.3) is 0 Å². The van der Waals surface area contributed by atoms with Crippen LogP contribution in [0, 0.1) is 0 Å². The van der Waals surface area contributed by atoms with E-state index in [0.717, 1.165) is 43.5 Å². The number of para-hydroxylation sites is 1. The van der Waals surface area contributed by atoms with Gasteiger partial charge < -0.3 is 15.0 Å². The minimum Gasteiger partial charge on any atom is -0.488 e. The molecule has 2 atom stereocenters. The van der Waals surface area contributed by atoms with Crippen molar-refractivity contribution in [2.24, 2.45) is 0 Å². The van der Waals surface area contributed by atoms with E-state index >= 15 is 0 Å². The smallest absolute Gasteiger partial charge is 0.318 e. The molecule has 0 aliphatic carbocycles. The number of carbonyl (C=O) groups excluding carboxylic acids is 1. The SMILES string of the molecule is O=C(NC[C@@H]1Cc2ccccc2O1)N1CCCC[C@H]1c1cn[nH]c1. The molecule has 2 aromatic rings. The van der Waals surface area contributed by atoms with Gasteiger partial charge in [-0.05, 0) is 30.9 Å². The molecule has 2 N–H and O–H groups in total. The summed E-state index contributed by atoms with van der Waals surface area (Å²) in [7, 11) is 0. The van der Waals surface area contributed by atoms with E-state index in [0.29, 0.717) is 6.54 Å². The molecule has 1 aromatic carbocycles. The molecule has 1 fully saturated rings. The highest BCUT2D eigenvalue weighted by molar-refractivity contribution is 5.75. The number of hydrogen-bond donors (Lipinski definition) is 2. The number of urea groups is 1. The molecule has 0 spiro atoms. The molecular weight excluding hydrogens is 304 g/mol. The number of fused-ring (bicyclic) bond motifs is 1. The maximum absolute atomic E-state index is 12.7. The van der Waals surface area contributed by atoms with Crippen LogP contribution in [-0.2, 0) is 6.42 Å². The zero-order valence-electron chi connectivity index (χ0n) is 13.6. The van der Waals surface area contributed by atoms with Crippen molar-refractivity contribution < 1.29 is 9.53 Å². The fourth-order valence-electron chi connectivity index (χ4n) is 3.63. The number of benzene rings is 1. The Hall–Kier alpha value is -2.50. The van der Waals surface area contributed by atoms with Gasteiger partial charge in [0.15, 0.2) is 0 Å². The summed E-state index contributed by atoms with van der Waals surface area (Å²) in [6, 6.07) is 8.16. The molecule has 1 saturated heterocycles. The number of amides is 2. The quantitative estimate of drug-likeness (QED) is 0.911. The summed E-state index contributed by atoms with van der Waals surface area (Å²) in [5.41, 5.74) is 2.29. The Morgan fingerprint density at radius 2 is 2.29 bits per heavy atom. The van der Waals surface area contributed by atoms with Gasteiger partial charge in [0.05, 0.1) is 18.8 Å². The van der Waals surface area contributed by atoms with Gasteiger partial charge in [0, 0.05) is 24.7 Å². The minimum absolute atomic E-state index is 0.0135. The van der Waals surface area contributed by atoms with Crippen molar-refractivity contribution in [1.82, 2.24) is 20.4 Å². The third-order valence-electron chi connectivity index (χ3n) is 4.86. The normalized spacial score (nSPS) is 22.8. The first-order chi connectivity index (χ1) is 11.8. The maximum Gasteiger partial charge on any atom is 0.318 e. The molecule has 6 nitrogen and oxygen atoms in total. The van der Waals surface area contributed by atoms with Crippen LogP contribution in [0.5, 0.6) is 5.75 Å². The number of aromatic nitrogens is 2. The Balaban J connectivity index is 1.36. The Bertz CT molecular complexity index is 676. The predicted octanol–water partition coefficient (Wildman–Crippen LogP) is 2.65. The highest BCUT2D eigenvalue weighted by Crippen LogP contribution is 2.31. The van der Waals surface area contributed by atoms with E-state index in [1.165, 1.54) is 5.56 Å². The molecule has 2 aliphatic heterocycles. The summed E-state index contributed by atoms with van der Waals surface area (Å²) in [6.07, 6.45) is 7.73. The lowest BCUT2D eigenvalue weighted by molar-refractivity contribution is 0.145. The number of aromatic amines is 1. The molecule has 24 heavy (non-hydrogen) atoms. The van der Waals surface area contributed by atoms with Gasteiger partial charge in [-0.1, -0.05) is 18.2 Å². The second-order valence-electron chi connectivity index (χ2n) is 6.47. The Kier molecular flexibility index (Phi) is 4.11. The standard InChI is InChI=1S/C18H22N4O2/c23-18(19-12-15-9-13-5-1-2-7-17(13)24-15)22-8-4-3-6-16(22)14-10-20-21-11-14/h1-2,5,7,10-11,15-16H,3-4,6,8-9,12H2,(H,19,23)(H,20,21)/t15-,16-/m0/s1. The topological polar surface area (TPSA) is 70.2 Å². The molecule has 1 aromatic heterocycles. The van der Waals surface area contributed by atoms with Gasteiger partial charge in [0.2, 0.25) is 0 Å². The average molecular weight is 326 g/mol. The molecule has 2 aliphatic rings. The highest BCUT2D eigenvalue weighted by atomic mass is 16.5. The van der Waals surface area contributed by atoms with Crippen LogP contribution in [0.1, 0.15) is 36.4 Å². The highest BCUT2D eigenvalue weighted by Gasteiger charge is 2.30. The van der Waals surface area contributed by atoms with E-state index in [1.54, 1.807) is 0 Å². The van der Waals surface area contributed by atoms with Crippen molar-refractivity contribution in [1.29, 1.82) is 0 Å². The third-order valence-corrected chi connectivity index (χ3v) is 4.86. The summed E-state index contributed by atoms with van der Waals surface area (Å²) < 4.78 is 5.90. The number of carbonyl (C=O) groups is 1. The van der Waals surface area contributed by atoms with E-state index in [-0.39, 0.29) is 18.2 Å². The van der Waals surface area contributed by atoms with Crippen LogP contribution in [-0.4, -0.2) is 40.3 Å². The molecule has 3 heterocycles. The Morgan fingerprint density at radius 1 is 1.38 bits per heavy atom. The second-order valence-corrected chi connectivity index (χ2v) is 6.47. The fourth-order valence-corrected chi connectivity index (χ4v) is 3.63. The van der Waals surface area contributed by atoms with Crippen molar-refractivity contribution in [3.63, 3.8) is 0 Å². The van der Waals surface area contributed by atoms with E-state index < -0.39 is 0 Å². The number of piperidine rings is 1.